The molecule has 0 saturated carbocycles. The number of likely N-dealkylation sites (tertiary alicyclic amines) is 1. The average molecular weight is 285 g/mol. The Kier molecular flexibility index (Phi) is 4.05. The summed E-state index contributed by atoms with van der Waals surface area (Å²) in [4.78, 5) is 2.59. The van der Waals surface area contributed by atoms with Crippen LogP contribution in [0.5, 0.6) is 0 Å². The van der Waals surface area contributed by atoms with E-state index in [0.717, 1.165) is 13.1 Å². The summed E-state index contributed by atoms with van der Waals surface area (Å²) in [7, 11) is 0. The van der Waals surface area contributed by atoms with Gasteiger partial charge in [-0.25, -0.2) is 0 Å². The fourth-order valence-electron chi connectivity index (χ4n) is 3.64. The van der Waals surface area contributed by atoms with Crippen LogP contribution < -0.4 is 11.1 Å². The van der Waals surface area contributed by atoms with Gasteiger partial charge in [0, 0.05) is 38.1 Å². The number of benzene rings is 1. The van der Waals surface area contributed by atoms with E-state index in [-0.39, 0.29) is 5.41 Å². The van der Waals surface area contributed by atoms with Crippen LogP contribution in [0.3, 0.4) is 0 Å². The summed E-state index contributed by atoms with van der Waals surface area (Å²) in [6.07, 6.45) is 3.46. The highest BCUT2D eigenvalue weighted by molar-refractivity contribution is 5.25. The Morgan fingerprint density at radius 2 is 2.05 bits per heavy atom. The van der Waals surface area contributed by atoms with Gasteiger partial charge in [0.15, 0.2) is 0 Å². The molecule has 0 radical (unpaired) electrons. The van der Waals surface area contributed by atoms with Crippen LogP contribution in [0, 0.1) is 11.3 Å². The smallest absolute Gasteiger partial charge is 0.0346 e. The normalized spacial score (nSPS) is 26.1. The quantitative estimate of drug-likeness (QED) is 0.892. The first-order valence-electron chi connectivity index (χ1n) is 8.03. The second kappa shape index (κ2) is 5.82. The molecule has 2 unspecified atom stereocenters. The van der Waals surface area contributed by atoms with E-state index in [1.807, 2.05) is 0 Å². The van der Waals surface area contributed by atoms with Gasteiger partial charge in [0.25, 0.3) is 0 Å². The molecule has 3 N–H and O–H groups in total. The topological polar surface area (TPSA) is 41.3 Å². The molecule has 3 heteroatoms. The number of fused-ring (bicyclic) bond motifs is 1. The Morgan fingerprint density at radius 3 is 2.76 bits per heavy atom. The molecule has 1 fully saturated rings. The van der Waals surface area contributed by atoms with E-state index in [2.05, 4.69) is 60.6 Å². The molecule has 2 heterocycles. The maximum absolute atomic E-state index is 5.98. The second-order valence-electron chi connectivity index (χ2n) is 7.08. The van der Waals surface area contributed by atoms with Gasteiger partial charge in [-0.2, -0.15) is 0 Å². The molecule has 0 spiro atoms. The van der Waals surface area contributed by atoms with E-state index in [0.29, 0.717) is 18.5 Å². The monoisotopic (exact) mass is 285 g/mol. The molecule has 2 aliphatic rings. The summed E-state index contributed by atoms with van der Waals surface area (Å²) in [5, 5.41) is 3.59. The molecule has 1 saturated heterocycles. The zero-order chi connectivity index (χ0) is 14.9. The van der Waals surface area contributed by atoms with Crippen molar-refractivity contribution in [2.24, 2.45) is 17.1 Å². The first kappa shape index (κ1) is 14.6. The largest absolute Gasteiger partial charge is 0.387 e. The maximum atomic E-state index is 5.98. The van der Waals surface area contributed by atoms with Crippen LogP contribution in [-0.4, -0.2) is 30.6 Å². The van der Waals surface area contributed by atoms with Crippen LogP contribution in [0.15, 0.2) is 42.1 Å². The maximum Gasteiger partial charge on any atom is 0.0346 e. The number of piperidine rings is 1. The molecular weight excluding hydrogens is 258 g/mol. The van der Waals surface area contributed by atoms with E-state index in [1.165, 1.54) is 24.1 Å². The van der Waals surface area contributed by atoms with Crippen molar-refractivity contribution in [2.75, 3.05) is 19.6 Å². The SMILES string of the molecule is CC(C)(CN)C1=CNC2CCN(Cc3ccccc3)CC12. The van der Waals surface area contributed by atoms with Crippen molar-refractivity contribution in [1.82, 2.24) is 10.2 Å². The number of nitrogens with one attached hydrogen (secondary N) is 1. The predicted molar refractivity (Wildman–Crippen MR) is 87.7 cm³/mol. The molecule has 0 aromatic heterocycles. The summed E-state index contributed by atoms with van der Waals surface area (Å²) in [5.41, 5.74) is 9.00. The summed E-state index contributed by atoms with van der Waals surface area (Å²) < 4.78 is 0. The van der Waals surface area contributed by atoms with Gasteiger partial charge in [-0.3, -0.25) is 4.90 Å². The highest BCUT2D eigenvalue weighted by Gasteiger charge is 2.40. The fourth-order valence-corrected chi connectivity index (χ4v) is 3.64. The molecule has 2 atom stereocenters. The molecule has 1 aromatic carbocycles. The number of hydrogen-bond acceptors (Lipinski definition) is 3. The lowest BCUT2D eigenvalue weighted by molar-refractivity contribution is 0.154. The molecule has 0 aliphatic carbocycles. The summed E-state index contributed by atoms with van der Waals surface area (Å²) in [6, 6.07) is 11.4. The van der Waals surface area contributed by atoms with Gasteiger partial charge in [-0.05, 0) is 29.2 Å². The van der Waals surface area contributed by atoms with Crippen molar-refractivity contribution < 1.29 is 0 Å². The zero-order valence-electron chi connectivity index (χ0n) is 13.2. The first-order valence-corrected chi connectivity index (χ1v) is 8.03. The molecular formula is C18H27N3. The predicted octanol–water partition coefficient (Wildman–Crippen LogP) is 2.35. The lowest BCUT2D eigenvalue weighted by atomic mass is 9.75. The minimum atomic E-state index is 0.0994. The molecule has 21 heavy (non-hydrogen) atoms. The van der Waals surface area contributed by atoms with Gasteiger partial charge in [0.2, 0.25) is 0 Å². The second-order valence-corrected chi connectivity index (χ2v) is 7.08. The van der Waals surface area contributed by atoms with E-state index in [9.17, 15) is 0 Å². The molecule has 1 aromatic rings. The summed E-state index contributed by atoms with van der Waals surface area (Å²) in [6.45, 7) is 8.61. The first-order chi connectivity index (χ1) is 10.1. The fraction of sp³-hybridized carbons (Fsp3) is 0.556. The highest BCUT2D eigenvalue weighted by Crippen LogP contribution is 2.39. The van der Waals surface area contributed by atoms with Crippen molar-refractivity contribution in [1.29, 1.82) is 0 Å². The van der Waals surface area contributed by atoms with Crippen LogP contribution in [-0.2, 0) is 6.54 Å². The zero-order valence-corrected chi connectivity index (χ0v) is 13.2. The third-order valence-electron chi connectivity index (χ3n) is 5.09. The Labute approximate surface area is 128 Å². The number of rotatable bonds is 4. The van der Waals surface area contributed by atoms with E-state index in [4.69, 9.17) is 5.73 Å². The van der Waals surface area contributed by atoms with Gasteiger partial charge in [-0.1, -0.05) is 44.2 Å². The minimum absolute atomic E-state index is 0.0994. The van der Waals surface area contributed by atoms with Crippen LogP contribution in [0.2, 0.25) is 0 Å². The number of hydrogen-bond donors (Lipinski definition) is 2. The lowest BCUT2D eigenvalue weighted by Gasteiger charge is -2.39. The molecule has 2 aliphatic heterocycles. The van der Waals surface area contributed by atoms with Gasteiger partial charge >= 0.3 is 0 Å². The molecule has 0 bridgehead atoms. The number of nitrogens with two attached hydrogens (primary N) is 1. The van der Waals surface area contributed by atoms with Crippen molar-refractivity contribution in [3.05, 3.63) is 47.7 Å². The molecule has 0 amide bonds. The average Bonchev–Trinajstić information content (AvgIpc) is 2.92. The van der Waals surface area contributed by atoms with Crippen molar-refractivity contribution in [2.45, 2.75) is 32.9 Å². The van der Waals surface area contributed by atoms with E-state index < -0.39 is 0 Å². The van der Waals surface area contributed by atoms with E-state index in [1.54, 1.807) is 0 Å². The van der Waals surface area contributed by atoms with E-state index >= 15 is 0 Å². The van der Waals surface area contributed by atoms with Crippen molar-refractivity contribution in [3.63, 3.8) is 0 Å². The van der Waals surface area contributed by atoms with Crippen LogP contribution in [0.25, 0.3) is 0 Å². The molecule has 3 nitrogen and oxygen atoms in total. The van der Waals surface area contributed by atoms with Gasteiger partial charge in [0.05, 0.1) is 0 Å². The molecule has 3 rings (SSSR count). The Hall–Kier alpha value is -1.32. The van der Waals surface area contributed by atoms with Gasteiger partial charge < -0.3 is 11.1 Å². The van der Waals surface area contributed by atoms with Gasteiger partial charge in [-0.15, -0.1) is 0 Å². The van der Waals surface area contributed by atoms with Crippen LogP contribution in [0.1, 0.15) is 25.8 Å². The third kappa shape index (κ3) is 2.99. The Bertz CT molecular complexity index is 506. The Morgan fingerprint density at radius 1 is 1.29 bits per heavy atom. The van der Waals surface area contributed by atoms with Crippen molar-refractivity contribution >= 4 is 0 Å². The van der Waals surface area contributed by atoms with Crippen LogP contribution in [0.4, 0.5) is 0 Å². The number of nitrogens with zero attached hydrogens (tertiary/aromatic N) is 1. The summed E-state index contributed by atoms with van der Waals surface area (Å²) >= 11 is 0. The van der Waals surface area contributed by atoms with Crippen molar-refractivity contribution in [3.8, 4) is 0 Å². The Balaban J connectivity index is 1.69. The molecule has 114 valence electrons. The lowest BCUT2D eigenvalue weighted by Crippen LogP contribution is -2.46. The standard InChI is InChI=1S/C18H27N3/c1-18(2,13-19)16-10-20-17-8-9-21(12-15(16)17)11-14-6-4-3-5-7-14/h3-7,10,15,17,20H,8-9,11-13,19H2,1-2H3. The van der Waals surface area contributed by atoms with Crippen LogP contribution >= 0.6 is 0 Å². The summed E-state index contributed by atoms with van der Waals surface area (Å²) in [5.74, 6) is 0.612. The van der Waals surface area contributed by atoms with Gasteiger partial charge in [0.1, 0.15) is 0 Å². The third-order valence-corrected chi connectivity index (χ3v) is 5.09. The highest BCUT2D eigenvalue weighted by atomic mass is 15.2. The minimum Gasteiger partial charge on any atom is -0.387 e.